The lowest BCUT2D eigenvalue weighted by atomic mass is 10.1. The van der Waals surface area contributed by atoms with Crippen molar-refractivity contribution in [3.63, 3.8) is 0 Å². The molecule has 0 bridgehead atoms. The van der Waals surface area contributed by atoms with Crippen molar-refractivity contribution < 1.29 is 47.6 Å². The van der Waals surface area contributed by atoms with Crippen molar-refractivity contribution >= 4 is 23.9 Å². The van der Waals surface area contributed by atoms with Crippen LogP contribution in [0.25, 0.3) is 0 Å². The van der Waals surface area contributed by atoms with E-state index >= 15 is 0 Å². The van der Waals surface area contributed by atoms with E-state index in [0.29, 0.717) is 11.1 Å². The molecule has 0 heterocycles. The van der Waals surface area contributed by atoms with Crippen LogP contribution in [-0.2, 0) is 38.0 Å². The van der Waals surface area contributed by atoms with E-state index in [1.54, 1.807) is 12.1 Å². The van der Waals surface area contributed by atoms with Crippen molar-refractivity contribution in [3.05, 3.63) is 59.7 Å². The quantitative estimate of drug-likeness (QED) is 0.151. The Kier molecular flexibility index (Phi) is 13.6. The zero-order valence-electron chi connectivity index (χ0n) is 19.5. The molecule has 0 N–H and O–H groups in total. The van der Waals surface area contributed by atoms with Gasteiger partial charge in [-0.05, 0) is 26.0 Å². The molecule has 0 aromatic heterocycles. The highest BCUT2D eigenvalue weighted by atomic mass is 16.6. The van der Waals surface area contributed by atoms with Crippen LogP contribution in [0.5, 0.6) is 0 Å². The van der Waals surface area contributed by atoms with Crippen LogP contribution in [0.1, 0.15) is 34.6 Å². The van der Waals surface area contributed by atoms with Crippen molar-refractivity contribution in [2.45, 2.75) is 13.8 Å². The van der Waals surface area contributed by atoms with Gasteiger partial charge in [-0.2, -0.15) is 0 Å². The monoisotopic (exact) mass is 478 g/mol. The van der Waals surface area contributed by atoms with Gasteiger partial charge >= 0.3 is 23.9 Å². The summed E-state index contributed by atoms with van der Waals surface area (Å²) in [7, 11) is 0. The predicted octanol–water partition coefficient (Wildman–Crippen LogP) is 2.27. The summed E-state index contributed by atoms with van der Waals surface area (Å²) in [5, 5.41) is 0. The molecular weight excluding hydrogens is 448 g/mol. The van der Waals surface area contributed by atoms with E-state index in [9.17, 15) is 19.2 Å². The molecule has 186 valence electrons. The fraction of sp³-hybridized carbons (Fsp3) is 0.417. The van der Waals surface area contributed by atoms with Gasteiger partial charge in [0.05, 0.1) is 37.6 Å². The minimum atomic E-state index is -0.708. The van der Waals surface area contributed by atoms with Gasteiger partial charge in [-0.3, -0.25) is 0 Å². The van der Waals surface area contributed by atoms with Crippen LogP contribution in [0.15, 0.2) is 48.6 Å². The SMILES string of the molecule is C=C(C)C(=O)OCCOCCOC(=O)c1ccccc1C(=O)OCCOCCOC(=O)C(=C)C. The molecule has 0 amide bonds. The van der Waals surface area contributed by atoms with Gasteiger partial charge in [0.2, 0.25) is 0 Å². The second-order valence-corrected chi connectivity index (χ2v) is 6.87. The lowest BCUT2D eigenvalue weighted by molar-refractivity contribution is -0.141. The van der Waals surface area contributed by atoms with Crippen molar-refractivity contribution in [2.75, 3.05) is 52.9 Å². The number of rotatable bonds is 16. The molecule has 10 heteroatoms. The van der Waals surface area contributed by atoms with Gasteiger partial charge in [-0.15, -0.1) is 0 Å². The highest BCUT2D eigenvalue weighted by Gasteiger charge is 2.19. The molecule has 0 saturated carbocycles. The third-order valence-corrected chi connectivity index (χ3v) is 3.91. The van der Waals surface area contributed by atoms with E-state index in [2.05, 4.69) is 13.2 Å². The minimum absolute atomic E-state index is 0.0514. The molecule has 0 spiro atoms. The van der Waals surface area contributed by atoms with Crippen LogP contribution in [0.4, 0.5) is 0 Å². The van der Waals surface area contributed by atoms with E-state index in [1.807, 2.05) is 0 Å². The van der Waals surface area contributed by atoms with E-state index in [4.69, 9.17) is 28.4 Å². The van der Waals surface area contributed by atoms with Crippen LogP contribution in [0, 0.1) is 0 Å². The zero-order chi connectivity index (χ0) is 25.3. The van der Waals surface area contributed by atoms with Crippen molar-refractivity contribution in [1.29, 1.82) is 0 Å². The molecule has 0 saturated heterocycles. The molecule has 1 aromatic rings. The Labute approximate surface area is 198 Å². The normalized spacial score (nSPS) is 10.2. The lowest BCUT2D eigenvalue weighted by Gasteiger charge is -2.10. The first-order valence-corrected chi connectivity index (χ1v) is 10.5. The van der Waals surface area contributed by atoms with E-state index < -0.39 is 23.9 Å². The van der Waals surface area contributed by atoms with Crippen LogP contribution < -0.4 is 0 Å². The molecule has 0 aliphatic carbocycles. The zero-order valence-corrected chi connectivity index (χ0v) is 19.5. The van der Waals surface area contributed by atoms with Crippen molar-refractivity contribution in [1.82, 2.24) is 0 Å². The fourth-order valence-electron chi connectivity index (χ4n) is 2.22. The van der Waals surface area contributed by atoms with Crippen molar-refractivity contribution in [3.8, 4) is 0 Å². The van der Waals surface area contributed by atoms with Crippen LogP contribution in [-0.4, -0.2) is 76.7 Å². The van der Waals surface area contributed by atoms with Gasteiger partial charge in [0, 0.05) is 11.1 Å². The Morgan fingerprint density at radius 1 is 0.588 bits per heavy atom. The standard InChI is InChI=1S/C24H30O10/c1-17(2)21(25)31-13-9-29-11-15-33-23(27)19-7-5-6-8-20(19)24(28)34-16-12-30-10-14-32-22(26)18(3)4/h5-8H,1,3,9-16H2,2,4H3. The molecule has 0 unspecified atom stereocenters. The number of carbonyl (C=O) groups is 4. The number of carbonyl (C=O) groups excluding carboxylic acids is 4. The van der Waals surface area contributed by atoms with Gasteiger partial charge < -0.3 is 28.4 Å². The Bertz CT molecular complexity index is 803. The summed E-state index contributed by atoms with van der Waals surface area (Å²) in [4.78, 5) is 47.1. The van der Waals surface area contributed by atoms with Crippen LogP contribution in [0.3, 0.4) is 0 Å². The predicted molar refractivity (Wildman–Crippen MR) is 120 cm³/mol. The summed E-state index contributed by atoms with van der Waals surface area (Å²) in [5.74, 6) is -2.43. The topological polar surface area (TPSA) is 124 Å². The molecule has 0 aliphatic heterocycles. The summed E-state index contributed by atoms with van der Waals surface area (Å²) >= 11 is 0. The lowest BCUT2D eigenvalue weighted by Crippen LogP contribution is -2.18. The maximum atomic E-state index is 12.3. The summed E-state index contributed by atoms with van der Waals surface area (Å²) < 4.78 is 30.4. The number of esters is 4. The van der Waals surface area contributed by atoms with Gasteiger partial charge in [-0.1, -0.05) is 25.3 Å². The number of benzene rings is 1. The molecule has 0 atom stereocenters. The number of hydrogen-bond donors (Lipinski definition) is 0. The highest BCUT2D eigenvalue weighted by molar-refractivity contribution is 6.03. The second-order valence-electron chi connectivity index (χ2n) is 6.87. The maximum Gasteiger partial charge on any atom is 0.339 e. The second kappa shape index (κ2) is 16.2. The molecular formula is C24H30O10. The maximum absolute atomic E-state index is 12.3. The molecule has 0 fully saturated rings. The Balaban J connectivity index is 2.31. The molecule has 0 aliphatic rings. The number of hydrogen-bond acceptors (Lipinski definition) is 10. The summed E-state index contributed by atoms with van der Waals surface area (Å²) in [6.45, 7) is 10.4. The minimum Gasteiger partial charge on any atom is -0.460 e. The Morgan fingerprint density at radius 2 is 0.912 bits per heavy atom. The molecule has 1 aromatic carbocycles. The first kappa shape index (κ1) is 28.5. The summed E-state index contributed by atoms with van der Waals surface area (Å²) in [6, 6.07) is 6.08. The van der Waals surface area contributed by atoms with Gasteiger partial charge in [0.1, 0.15) is 26.4 Å². The first-order valence-electron chi connectivity index (χ1n) is 10.5. The van der Waals surface area contributed by atoms with E-state index in [-0.39, 0.29) is 64.0 Å². The third kappa shape index (κ3) is 11.4. The molecule has 10 nitrogen and oxygen atoms in total. The summed E-state index contributed by atoms with van der Waals surface area (Å²) in [5.41, 5.74) is 0.687. The Morgan fingerprint density at radius 3 is 1.24 bits per heavy atom. The van der Waals surface area contributed by atoms with Gasteiger partial charge in [-0.25, -0.2) is 19.2 Å². The van der Waals surface area contributed by atoms with Gasteiger partial charge in [0.25, 0.3) is 0 Å². The van der Waals surface area contributed by atoms with E-state index in [1.165, 1.54) is 26.0 Å². The molecule has 1 rings (SSSR count). The third-order valence-electron chi connectivity index (χ3n) is 3.91. The van der Waals surface area contributed by atoms with Crippen molar-refractivity contribution in [2.24, 2.45) is 0 Å². The van der Waals surface area contributed by atoms with Gasteiger partial charge in [0.15, 0.2) is 0 Å². The highest BCUT2D eigenvalue weighted by Crippen LogP contribution is 2.12. The van der Waals surface area contributed by atoms with E-state index in [0.717, 1.165) is 0 Å². The van der Waals surface area contributed by atoms with Crippen LogP contribution >= 0.6 is 0 Å². The molecule has 0 radical (unpaired) electrons. The van der Waals surface area contributed by atoms with Crippen LogP contribution in [0.2, 0.25) is 0 Å². The smallest absolute Gasteiger partial charge is 0.339 e. The molecule has 34 heavy (non-hydrogen) atoms. The average molecular weight is 478 g/mol. The largest absolute Gasteiger partial charge is 0.460 e. The fourth-order valence-corrected chi connectivity index (χ4v) is 2.22. The average Bonchev–Trinajstić information content (AvgIpc) is 2.81. The number of ether oxygens (including phenoxy) is 6. The summed E-state index contributed by atoms with van der Waals surface area (Å²) in [6.07, 6.45) is 0. The first-order chi connectivity index (χ1) is 16.2. The Hall–Kier alpha value is -3.50.